The van der Waals surface area contributed by atoms with Crippen molar-refractivity contribution in [1.82, 2.24) is 9.88 Å². The van der Waals surface area contributed by atoms with Gasteiger partial charge in [0, 0.05) is 22.7 Å². The van der Waals surface area contributed by atoms with Gasteiger partial charge in [0.05, 0.1) is 17.7 Å². The summed E-state index contributed by atoms with van der Waals surface area (Å²) in [6.45, 7) is 0.477. The van der Waals surface area contributed by atoms with Crippen molar-refractivity contribution in [2.45, 2.75) is 13.1 Å². The first kappa shape index (κ1) is 16.4. The molecule has 26 heavy (non-hydrogen) atoms. The molecule has 0 aliphatic rings. The van der Waals surface area contributed by atoms with Crippen LogP contribution in [0.4, 0.5) is 0 Å². The Morgan fingerprint density at radius 3 is 2.73 bits per heavy atom. The van der Waals surface area contributed by atoms with Crippen LogP contribution in [0.5, 0.6) is 0 Å². The number of para-hydroxylation sites is 1. The summed E-state index contributed by atoms with van der Waals surface area (Å²) >= 11 is 1.42. The average molecular weight is 364 g/mol. The number of carbonyl (C=O) groups is 2. The van der Waals surface area contributed by atoms with Gasteiger partial charge < -0.3 is 14.3 Å². The van der Waals surface area contributed by atoms with Crippen molar-refractivity contribution in [3.05, 3.63) is 82.6 Å². The highest BCUT2D eigenvalue weighted by Gasteiger charge is 2.18. The number of hydrogen-bond acceptors (Lipinski definition) is 4. The van der Waals surface area contributed by atoms with Gasteiger partial charge in [-0.15, -0.1) is 11.3 Å². The second kappa shape index (κ2) is 7.01. The smallest absolute Gasteiger partial charge is 0.240 e. The predicted octanol–water partition coefficient (Wildman–Crippen LogP) is 3.84. The van der Waals surface area contributed by atoms with Gasteiger partial charge >= 0.3 is 0 Å². The molecule has 5 nitrogen and oxygen atoms in total. The minimum Gasteiger partial charge on any atom is -0.467 e. The summed E-state index contributed by atoms with van der Waals surface area (Å²) in [5, 5.41) is 5.56. The van der Waals surface area contributed by atoms with Crippen LogP contribution >= 0.6 is 11.3 Å². The molecule has 1 N–H and O–H groups in total. The van der Waals surface area contributed by atoms with Crippen LogP contribution in [-0.2, 0) is 17.9 Å². The standard InChI is InChI=1S/C20H16N2O3S/c23-19(21-11-14-5-3-9-25-14)13-22-12-16(15-6-1-2-7-17(15)22)20(24)18-8-4-10-26-18/h1-10,12H,11,13H2,(H,21,23). The monoisotopic (exact) mass is 364 g/mol. The van der Waals surface area contributed by atoms with Crippen molar-refractivity contribution < 1.29 is 14.0 Å². The number of aromatic nitrogens is 1. The largest absolute Gasteiger partial charge is 0.467 e. The van der Waals surface area contributed by atoms with Crippen molar-refractivity contribution >= 4 is 33.9 Å². The fourth-order valence-electron chi connectivity index (χ4n) is 2.91. The Labute approximate surface area is 153 Å². The van der Waals surface area contributed by atoms with Gasteiger partial charge in [0.15, 0.2) is 0 Å². The van der Waals surface area contributed by atoms with Gasteiger partial charge in [-0.3, -0.25) is 9.59 Å². The highest BCUT2D eigenvalue weighted by molar-refractivity contribution is 7.12. The lowest BCUT2D eigenvalue weighted by molar-refractivity contribution is -0.121. The normalized spacial score (nSPS) is 10.9. The summed E-state index contributed by atoms with van der Waals surface area (Å²) in [6.07, 6.45) is 3.34. The average Bonchev–Trinajstić information content (AvgIpc) is 3.41. The lowest BCUT2D eigenvalue weighted by Gasteiger charge is -2.06. The molecule has 3 heterocycles. The van der Waals surface area contributed by atoms with Gasteiger partial charge in [-0.05, 0) is 29.6 Å². The zero-order valence-electron chi connectivity index (χ0n) is 13.8. The molecule has 6 heteroatoms. The zero-order chi connectivity index (χ0) is 17.9. The number of fused-ring (bicyclic) bond motifs is 1. The third kappa shape index (κ3) is 3.19. The maximum Gasteiger partial charge on any atom is 0.240 e. The van der Waals surface area contributed by atoms with Crippen LogP contribution in [0.25, 0.3) is 10.9 Å². The minimum atomic E-state index is -0.141. The highest BCUT2D eigenvalue weighted by atomic mass is 32.1. The molecule has 1 aromatic carbocycles. The molecule has 1 amide bonds. The van der Waals surface area contributed by atoms with Crippen LogP contribution in [0.15, 0.2) is 70.8 Å². The maximum absolute atomic E-state index is 12.8. The maximum atomic E-state index is 12.8. The Morgan fingerprint density at radius 2 is 1.96 bits per heavy atom. The van der Waals surface area contributed by atoms with Crippen LogP contribution in [-0.4, -0.2) is 16.3 Å². The van der Waals surface area contributed by atoms with E-state index in [1.54, 1.807) is 18.5 Å². The van der Waals surface area contributed by atoms with E-state index < -0.39 is 0 Å². The van der Waals surface area contributed by atoms with Gasteiger partial charge in [0.2, 0.25) is 11.7 Å². The molecule has 4 aromatic rings. The van der Waals surface area contributed by atoms with Crippen LogP contribution < -0.4 is 5.32 Å². The predicted molar refractivity (Wildman–Crippen MR) is 100 cm³/mol. The number of nitrogens with one attached hydrogen (secondary N) is 1. The molecular weight excluding hydrogens is 348 g/mol. The van der Waals surface area contributed by atoms with E-state index in [-0.39, 0.29) is 18.2 Å². The van der Waals surface area contributed by atoms with Crippen LogP contribution in [0.1, 0.15) is 21.0 Å². The summed E-state index contributed by atoms with van der Waals surface area (Å²) < 4.78 is 7.03. The highest BCUT2D eigenvalue weighted by Crippen LogP contribution is 2.25. The lowest BCUT2D eigenvalue weighted by Crippen LogP contribution is -2.26. The number of carbonyl (C=O) groups excluding carboxylic acids is 2. The number of amides is 1. The molecule has 4 rings (SSSR count). The van der Waals surface area contributed by atoms with Crippen molar-refractivity contribution in [3.63, 3.8) is 0 Å². The first-order valence-corrected chi connectivity index (χ1v) is 9.05. The number of nitrogens with zero attached hydrogens (tertiary/aromatic N) is 1. The molecule has 0 fully saturated rings. The van der Waals surface area contributed by atoms with E-state index in [0.29, 0.717) is 22.7 Å². The fraction of sp³-hybridized carbons (Fsp3) is 0.100. The molecule has 0 saturated carbocycles. The Kier molecular flexibility index (Phi) is 4.41. The quantitative estimate of drug-likeness (QED) is 0.529. The Balaban J connectivity index is 1.59. The first-order chi connectivity index (χ1) is 12.7. The van der Waals surface area contributed by atoms with Crippen molar-refractivity contribution in [2.75, 3.05) is 0 Å². The van der Waals surface area contributed by atoms with Crippen molar-refractivity contribution in [3.8, 4) is 0 Å². The van der Waals surface area contributed by atoms with Crippen LogP contribution in [0.3, 0.4) is 0 Å². The number of rotatable bonds is 6. The van der Waals surface area contributed by atoms with E-state index in [9.17, 15) is 9.59 Å². The number of furan rings is 1. The molecule has 0 saturated heterocycles. The van der Waals surface area contributed by atoms with Gasteiger partial charge in [0.1, 0.15) is 12.3 Å². The second-order valence-corrected chi connectivity index (χ2v) is 6.80. The second-order valence-electron chi connectivity index (χ2n) is 5.85. The molecule has 0 radical (unpaired) electrons. The topological polar surface area (TPSA) is 64.2 Å². The van der Waals surface area contributed by atoms with E-state index >= 15 is 0 Å². The molecule has 3 aromatic heterocycles. The SMILES string of the molecule is O=C(Cn1cc(C(=O)c2cccs2)c2ccccc21)NCc1ccco1. The van der Waals surface area contributed by atoms with E-state index in [1.807, 2.05) is 52.4 Å². The van der Waals surface area contributed by atoms with Crippen molar-refractivity contribution in [2.24, 2.45) is 0 Å². The number of benzene rings is 1. The number of hydrogen-bond donors (Lipinski definition) is 1. The van der Waals surface area contributed by atoms with Gasteiger partial charge in [-0.2, -0.15) is 0 Å². The summed E-state index contributed by atoms with van der Waals surface area (Å²) in [7, 11) is 0. The van der Waals surface area contributed by atoms with E-state index in [1.165, 1.54) is 11.3 Å². The third-order valence-corrected chi connectivity index (χ3v) is 5.00. The molecule has 0 bridgehead atoms. The summed E-state index contributed by atoms with van der Waals surface area (Å²) in [6, 6.07) is 14.9. The van der Waals surface area contributed by atoms with E-state index in [0.717, 1.165) is 10.9 Å². The molecule has 0 unspecified atom stereocenters. The van der Waals surface area contributed by atoms with Gasteiger partial charge in [-0.1, -0.05) is 24.3 Å². The summed E-state index contributed by atoms with van der Waals surface area (Å²) in [5.41, 5.74) is 1.47. The Morgan fingerprint density at radius 1 is 1.08 bits per heavy atom. The van der Waals surface area contributed by atoms with E-state index in [2.05, 4.69) is 5.32 Å². The summed E-state index contributed by atoms with van der Waals surface area (Å²) in [4.78, 5) is 25.8. The first-order valence-electron chi connectivity index (χ1n) is 8.17. The molecule has 0 aliphatic heterocycles. The Bertz CT molecular complexity index is 1050. The minimum absolute atomic E-state index is 0.0223. The molecule has 130 valence electrons. The molecule has 0 aliphatic carbocycles. The van der Waals surface area contributed by atoms with Crippen LogP contribution in [0.2, 0.25) is 0 Å². The number of thiophene rings is 1. The van der Waals surface area contributed by atoms with E-state index in [4.69, 9.17) is 4.42 Å². The summed E-state index contributed by atoms with van der Waals surface area (Å²) in [5.74, 6) is 0.535. The number of ketones is 1. The van der Waals surface area contributed by atoms with Crippen LogP contribution in [0, 0.1) is 0 Å². The molecule has 0 atom stereocenters. The van der Waals surface area contributed by atoms with Gasteiger partial charge in [-0.25, -0.2) is 0 Å². The van der Waals surface area contributed by atoms with Gasteiger partial charge in [0.25, 0.3) is 0 Å². The zero-order valence-corrected chi connectivity index (χ0v) is 14.7. The lowest BCUT2D eigenvalue weighted by atomic mass is 10.1. The molecular formula is C20H16N2O3S. The van der Waals surface area contributed by atoms with Crippen molar-refractivity contribution in [1.29, 1.82) is 0 Å². The Hall–Kier alpha value is -3.12. The third-order valence-electron chi connectivity index (χ3n) is 4.13. The molecule has 0 spiro atoms. The fourth-order valence-corrected chi connectivity index (χ4v) is 3.59.